The van der Waals surface area contributed by atoms with Crippen LogP contribution < -0.4 is 11.1 Å². The van der Waals surface area contributed by atoms with Crippen molar-refractivity contribution in [1.82, 2.24) is 0 Å². The lowest BCUT2D eigenvalue weighted by atomic mass is 9.96. The number of hydrogen-bond donors (Lipinski definition) is 2. The number of carbonyl (C=O) groups is 1. The molecule has 0 aromatic heterocycles. The fourth-order valence-electron chi connectivity index (χ4n) is 2.40. The second kappa shape index (κ2) is 4.35. The van der Waals surface area contributed by atoms with Crippen LogP contribution >= 0.6 is 0 Å². The molecule has 1 fully saturated rings. The first-order chi connectivity index (χ1) is 9.07. The molecule has 1 unspecified atom stereocenters. The van der Waals surface area contributed by atoms with Gasteiger partial charge in [-0.3, -0.25) is 4.79 Å². The molecule has 19 heavy (non-hydrogen) atoms. The number of benzene rings is 2. The SMILES string of the molecule is CC(N)(C(=O)Nc1ccc2ccccc2c1)C1CC1. The first-order valence-electron chi connectivity index (χ1n) is 6.66. The molecule has 1 saturated carbocycles. The summed E-state index contributed by atoms with van der Waals surface area (Å²) in [6, 6.07) is 14.0. The van der Waals surface area contributed by atoms with E-state index in [0.29, 0.717) is 5.92 Å². The lowest BCUT2D eigenvalue weighted by Crippen LogP contribution is -2.50. The Morgan fingerprint density at radius 3 is 2.58 bits per heavy atom. The topological polar surface area (TPSA) is 55.1 Å². The Bertz CT molecular complexity index is 629. The highest BCUT2D eigenvalue weighted by Crippen LogP contribution is 2.38. The minimum Gasteiger partial charge on any atom is -0.324 e. The third-order valence-electron chi connectivity index (χ3n) is 3.92. The van der Waals surface area contributed by atoms with Crippen LogP contribution in [0.25, 0.3) is 10.8 Å². The van der Waals surface area contributed by atoms with Gasteiger partial charge in [-0.1, -0.05) is 30.3 Å². The monoisotopic (exact) mass is 254 g/mol. The van der Waals surface area contributed by atoms with Crippen molar-refractivity contribution in [1.29, 1.82) is 0 Å². The highest BCUT2D eigenvalue weighted by atomic mass is 16.2. The van der Waals surface area contributed by atoms with Crippen molar-refractivity contribution in [3.05, 3.63) is 42.5 Å². The number of carbonyl (C=O) groups excluding carboxylic acids is 1. The number of nitrogens with one attached hydrogen (secondary N) is 1. The van der Waals surface area contributed by atoms with Crippen LogP contribution in [0.2, 0.25) is 0 Å². The molecule has 1 atom stereocenters. The van der Waals surface area contributed by atoms with Gasteiger partial charge in [-0.2, -0.15) is 0 Å². The fourth-order valence-corrected chi connectivity index (χ4v) is 2.40. The molecule has 0 heterocycles. The van der Waals surface area contributed by atoms with E-state index in [-0.39, 0.29) is 5.91 Å². The van der Waals surface area contributed by atoms with Gasteiger partial charge in [-0.05, 0) is 48.6 Å². The third-order valence-corrected chi connectivity index (χ3v) is 3.92. The summed E-state index contributed by atoms with van der Waals surface area (Å²) in [6.07, 6.45) is 2.11. The van der Waals surface area contributed by atoms with E-state index in [4.69, 9.17) is 5.73 Å². The normalized spacial score (nSPS) is 18.0. The molecule has 3 nitrogen and oxygen atoms in total. The molecule has 3 N–H and O–H groups in total. The van der Waals surface area contributed by atoms with Gasteiger partial charge >= 0.3 is 0 Å². The lowest BCUT2D eigenvalue weighted by molar-refractivity contribution is -0.121. The van der Waals surface area contributed by atoms with Crippen molar-refractivity contribution in [2.45, 2.75) is 25.3 Å². The van der Waals surface area contributed by atoms with Crippen molar-refractivity contribution < 1.29 is 4.79 Å². The summed E-state index contributed by atoms with van der Waals surface area (Å²) in [5.41, 5.74) is 6.16. The van der Waals surface area contributed by atoms with Crippen LogP contribution in [0, 0.1) is 5.92 Å². The van der Waals surface area contributed by atoms with Gasteiger partial charge in [-0.15, -0.1) is 0 Å². The fraction of sp³-hybridized carbons (Fsp3) is 0.312. The Balaban J connectivity index is 1.83. The van der Waals surface area contributed by atoms with Crippen molar-refractivity contribution in [2.24, 2.45) is 11.7 Å². The van der Waals surface area contributed by atoms with Crippen LogP contribution in [0.1, 0.15) is 19.8 Å². The second-order valence-corrected chi connectivity index (χ2v) is 5.57. The van der Waals surface area contributed by atoms with Crippen LogP contribution in [-0.4, -0.2) is 11.4 Å². The van der Waals surface area contributed by atoms with E-state index in [9.17, 15) is 4.79 Å². The predicted molar refractivity (Wildman–Crippen MR) is 77.9 cm³/mol. The molecule has 0 bridgehead atoms. The van der Waals surface area contributed by atoms with E-state index in [2.05, 4.69) is 11.4 Å². The molecule has 1 aliphatic rings. The smallest absolute Gasteiger partial charge is 0.244 e. The van der Waals surface area contributed by atoms with Gasteiger partial charge in [0, 0.05) is 5.69 Å². The van der Waals surface area contributed by atoms with E-state index in [1.54, 1.807) is 0 Å². The second-order valence-electron chi connectivity index (χ2n) is 5.57. The Morgan fingerprint density at radius 2 is 1.89 bits per heavy atom. The van der Waals surface area contributed by atoms with E-state index in [1.807, 2.05) is 43.3 Å². The van der Waals surface area contributed by atoms with Gasteiger partial charge in [-0.25, -0.2) is 0 Å². The third kappa shape index (κ3) is 2.34. The number of hydrogen-bond acceptors (Lipinski definition) is 2. The summed E-state index contributed by atoms with van der Waals surface area (Å²) in [5, 5.41) is 5.21. The number of nitrogens with two attached hydrogens (primary N) is 1. The maximum atomic E-state index is 12.2. The summed E-state index contributed by atoms with van der Waals surface area (Å²) in [5.74, 6) is 0.234. The number of amides is 1. The summed E-state index contributed by atoms with van der Waals surface area (Å²) in [4.78, 5) is 12.2. The summed E-state index contributed by atoms with van der Waals surface area (Å²) < 4.78 is 0. The average molecular weight is 254 g/mol. The van der Waals surface area contributed by atoms with Crippen LogP contribution in [-0.2, 0) is 4.79 Å². The Kier molecular flexibility index (Phi) is 2.79. The molecule has 0 saturated heterocycles. The molecule has 98 valence electrons. The summed E-state index contributed by atoms with van der Waals surface area (Å²) >= 11 is 0. The number of fused-ring (bicyclic) bond motifs is 1. The van der Waals surface area contributed by atoms with E-state index >= 15 is 0 Å². The molecular formula is C16H18N2O. The van der Waals surface area contributed by atoms with Crippen LogP contribution in [0.3, 0.4) is 0 Å². The van der Waals surface area contributed by atoms with Gasteiger partial charge in [0.05, 0.1) is 5.54 Å². The van der Waals surface area contributed by atoms with E-state index in [1.165, 1.54) is 5.39 Å². The molecule has 0 spiro atoms. The van der Waals surface area contributed by atoms with Crippen LogP contribution in [0.15, 0.2) is 42.5 Å². The van der Waals surface area contributed by atoms with Gasteiger partial charge in [0.1, 0.15) is 0 Å². The minimum absolute atomic E-state index is 0.0923. The average Bonchev–Trinajstić information content (AvgIpc) is 3.23. The van der Waals surface area contributed by atoms with E-state index in [0.717, 1.165) is 23.9 Å². The van der Waals surface area contributed by atoms with Crippen molar-refractivity contribution in [3.63, 3.8) is 0 Å². The van der Waals surface area contributed by atoms with Gasteiger partial charge in [0.25, 0.3) is 0 Å². The lowest BCUT2D eigenvalue weighted by Gasteiger charge is -2.23. The van der Waals surface area contributed by atoms with Crippen molar-refractivity contribution >= 4 is 22.4 Å². The van der Waals surface area contributed by atoms with Gasteiger partial charge in [0.15, 0.2) is 0 Å². The number of anilines is 1. The zero-order valence-electron chi connectivity index (χ0n) is 11.0. The summed E-state index contributed by atoms with van der Waals surface area (Å²) in [6.45, 7) is 1.82. The highest BCUT2D eigenvalue weighted by molar-refractivity contribution is 5.99. The Morgan fingerprint density at radius 1 is 1.21 bits per heavy atom. The van der Waals surface area contributed by atoms with Crippen molar-refractivity contribution in [3.8, 4) is 0 Å². The molecule has 3 heteroatoms. The first kappa shape index (κ1) is 12.2. The molecule has 3 rings (SSSR count). The zero-order chi connectivity index (χ0) is 13.5. The molecular weight excluding hydrogens is 236 g/mol. The van der Waals surface area contributed by atoms with Gasteiger partial charge < -0.3 is 11.1 Å². The van der Waals surface area contributed by atoms with Crippen LogP contribution in [0.4, 0.5) is 5.69 Å². The quantitative estimate of drug-likeness (QED) is 0.884. The van der Waals surface area contributed by atoms with Crippen molar-refractivity contribution in [2.75, 3.05) is 5.32 Å². The standard InChI is InChI=1S/C16H18N2O/c1-16(17,13-7-8-13)15(19)18-14-9-6-11-4-2-3-5-12(11)10-14/h2-6,9-10,13H,7-8,17H2,1H3,(H,18,19). The molecule has 0 radical (unpaired) electrons. The van der Waals surface area contributed by atoms with Gasteiger partial charge in [0.2, 0.25) is 5.91 Å². The molecule has 1 amide bonds. The predicted octanol–water partition coefficient (Wildman–Crippen LogP) is 2.91. The van der Waals surface area contributed by atoms with Crippen LogP contribution in [0.5, 0.6) is 0 Å². The highest BCUT2D eigenvalue weighted by Gasteiger charge is 2.44. The maximum Gasteiger partial charge on any atom is 0.244 e. The molecule has 2 aromatic carbocycles. The first-order valence-corrected chi connectivity index (χ1v) is 6.66. The number of rotatable bonds is 3. The Labute approximate surface area is 112 Å². The maximum absolute atomic E-state index is 12.2. The molecule has 1 aliphatic carbocycles. The van der Waals surface area contributed by atoms with E-state index < -0.39 is 5.54 Å². The minimum atomic E-state index is -0.758. The zero-order valence-corrected chi connectivity index (χ0v) is 11.0. The summed E-state index contributed by atoms with van der Waals surface area (Å²) in [7, 11) is 0. The molecule has 0 aliphatic heterocycles. The molecule has 2 aromatic rings. The Hall–Kier alpha value is -1.87. The largest absolute Gasteiger partial charge is 0.324 e.